The summed E-state index contributed by atoms with van der Waals surface area (Å²) in [6.07, 6.45) is 4.31. The molecule has 0 spiro atoms. The van der Waals surface area contributed by atoms with Gasteiger partial charge in [-0.25, -0.2) is 0 Å². The first-order chi connectivity index (χ1) is 19.4. The third kappa shape index (κ3) is 4.86. The molecule has 0 radical (unpaired) electrons. The van der Waals surface area contributed by atoms with Crippen molar-refractivity contribution in [3.8, 4) is 17.2 Å². The van der Waals surface area contributed by atoms with Crippen molar-refractivity contribution in [3.05, 3.63) is 94.2 Å². The Morgan fingerprint density at radius 3 is 2.34 bits per heavy atom. The number of hydrogen-bond acceptors (Lipinski definition) is 4. The van der Waals surface area contributed by atoms with E-state index in [0.29, 0.717) is 18.0 Å². The summed E-state index contributed by atoms with van der Waals surface area (Å²) in [6.45, 7) is 13.3. The molecule has 0 saturated heterocycles. The summed E-state index contributed by atoms with van der Waals surface area (Å²) >= 11 is 0. The Labute approximate surface area is 241 Å². The maximum absolute atomic E-state index is 14.0. The first-order valence-electron chi connectivity index (χ1n) is 14.3. The van der Waals surface area contributed by atoms with Crippen molar-refractivity contribution in [3.63, 3.8) is 0 Å². The minimum Gasteiger partial charge on any atom is -0.507 e. The molecule has 6 nitrogen and oxygen atoms in total. The monoisotopic (exact) mass is 550 g/mol. The fraction of sp³-hybridized carbons (Fsp3) is 0.343. The van der Waals surface area contributed by atoms with Gasteiger partial charge in [0.05, 0.1) is 6.04 Å². The normalized spacial score (nSPS) is 16.9. The SMILES string of the molecule is CC(C)(C)c1cc(/C=C/C(=O)N2CCc3c([nH]c4ccccc34)C2c2ccc3c(c2)OCO3)cc(C(C)(C)C)c1O. The van der Waals surface area contributed by atoms with E-state index >= 15 is 0 Å². The number of phenolic OH excluding ortho intramolecular Hbond substituents is 1. The molecule has 212 valence electrons. The second-order valence-electron chi connectivity index (χ2n) is 13.2. The first-order valence-corrected chi connectivity index (χ1v) is 14.3. The summed E-state index contributed by atoms with van der Waals surface area (Å²) in [4.78, 5) is 19.5. The molecule has 0 aliphatic carbocycles. The largest absolute Gasteiger partial charge is 0.507 e. The number of benzene rings is 3. The molecule has 2 aliphatic heterocycles. The van der Waals surface area contributed by atoms with E-state index in [9.17, 15) is 9.90 Å². The predicted octanol–water partition coefficient (Wildman–Crippen LogP) is 7.38. The third-order valence-electron chi connectivity index (χ3n) is 8.20. The van der Waals surface area contributed by atoms with Crippen molar-refractivity contribution < 1.29 is 19.4 Å². The Morgan fingerprint density at radius 2 is 1.63 bits per heavy atom. The van der Waals surface area contributed by atoms with Gasteiger partial charge in [0.25, 0.3) is 0 Å². The highest BCUT2D eigenvalue weighted by molar-refractivity contribution is 5.93. The van der Waals surface area contributed by atoms with Gasteiger partial charge in [-0.05, 0) is 70.3 Å². The van der Waals surface area contributed by atoms with Gasteiger partial charge in [0, 0.05) is 40.3 Å². The van der Waals surface area contributed by atoms with Crippen LogP contribution < -0.4 is 9.47 Å². The number of ether oxygens (including phenoxy) is 2. The van der Waals surface area contributed by atoms with Gasteiger partial charge in [-0.2, -0.15) is 0 Å². The number of carbonyl (C=O) groups excluding carboxylic acids is 1. The van der Waals surface area contributed by atoms with Crippen LogP contribution in [-0.2, 0) is 22.0 Å². The molecule has 2 N–H and O–H groups in total. The van der Waals surface area contributed by atoms with Gasteiger partial charge in [-0.3, -0.25) is 4.79 Å². The van der Waals surface area contributed by atoms with Crippen LogP contribution in [0, 0.1) is 0 Å². The zero-order valence-electron chi connectivity index (χ0n) is 24.7. The molecular formula is C35H38N2O4. The van der Waals surface area contributed by atoms with Crippen LogP contribution in [0.2, 0.25) is 0 Å². The fourth-order valence-corrected chi connectivity index (χ4v) is 6.07. The van der Waals surface area contributed by atoms with Gasteiger partial charge in [0.15, 0.2) is 11.5 Å². The van der Waals surface area contributed by atoms with Gasteiger partial charge in [0.2, 0.25) is 12.7 Å². The molecule has 6 rings (SSSR count). The van der Waals surface area contributed by atoms with Gasteiger partial charge in [-0.1, -0.05) is 65.8 Å². The van der Waals surface area contributed by atoms with Crippen LogP contribution in [0.5, 0.6) is 17.2 Å². The summed E-state index contributed by atoms with van der Waals surface area (Å²) in [5.74, 6) is 1.68. The first kappa shape index (κ1) is 27.0. The summed E-state index contributed by atoms with van der Waals surface area (Å²) in [6, 6.07) is 17.9. The van der Waals surface area contributed by atoms with Crippen LogP contribution in [0.3, 0.4) is 0 Å². The highest BCUT2D eigenvalue weighted by atomic mass is 16.7. The number of fused-ring (bicyclic) bond motifs is 4. The second kappa shape index (κ2) is 9.72. The minimum absolute atomic E-state index is 0.0698. The zero-order chi connectivity index (χ0) is 29.1. The average molecular weight is 551 g/mol. The van der Waals surface area contributed by atoms with Gasteiger partial charge in [-0.15, -0.1) is 0 Å². The van der Waals surface area contributed by atoms with E-state index in [0.717, 1.165) is 45.6 Å². The lowest BCUT2D eigenvalue weighted by molar-refractivity contribution is -0.128. The molecule has 1 amide bonds. The summed E-state index contributed by atoms with van der Waals surface area (Å²) in [5.41, 5.74) is 6.47. The fourth-order valence-electron chi connectivity index (χ4n) is 6.07. The lowest BCUT2D eigenvalue weighted by Gasteiger charge is -2.35. The number of aromatic amines is 1. The average Bonchev–Trinajstić information content (AvgIpc) is 3.54. The number of aromatic nitrogens is 1. The Hall–Kier alpha value is -4.19. The number of aromatic hydroxyl groups is 1. The predicted molar refractivity (Wildman–Crippen MR) is 163 cm³/mol. The van der Waals surface area contributed by atoms with E-state index in [-0.39, 0.29) is 29.6 Å². The number of H-pyrrole nitrogens is 1. The summed E-state index contributed by atoms with van der Waals surface area (Å²) < 4.78 is 11.3. The molecule has 1 aromatic heterocycles. The Bertz CT molecular complexity index is 1650. The topological polar surface area (TPSA) is 74.8 Å². The smallest absolute Gasteiger partial charge is 0.247 e. The van der Waals surface area contributed by atoms with Crippen LogP contribution >= 0.6 is 0 Å². The van der Waals surface area contributed by atoms with E-state index in [1.165, 1.54) is 10.9 Å². The maximum atomic E-state index is 14.0. The molecule has 3 heterocycles. The van der Waals surface area contributed by atoms with Gasteiger partial charge < -0.3 is 24.5 Å². The van der Waals surface area contributed by atoms with E-state index in [1.807, 2.05) is 47.4 Å². The number of rotatable bonds is 3. The lowest BCUT2D eigenvalue weighted by atomic mass is 9.78. The van der Waals surface area contributed by atoms with Crippen LogP contribution in [-0.4, -0.2) is 34.2 Å². The molecule has 0 bridgehead atoms. The molecule has 2 aliphatic rings. The number of para-hydroxylation sites is 1. The second-order valence-corrected chi connectivity index (χ2v) is 13.2. The highest BCUT2D eigenvalue weighted by Gasteiger charge is 2.35. The molecular weight excluding hydrogens is 512 g/mol. The third-order valence-corrected chi connectivity index (χ3v) is 8.20. The van der Waals surface area contributed by atoms with Crippen molar-refractivity contribution in [2.24, 2.45) is 0 Å². The molecule has 41 heavy (non-hydrogen) atoms. The highest BCUT2D eigenvalue weighted by Crippen LogP contribution is 2.43. The van der Waals surface area contributed by atoms with Crippen molar-refractivity contribution in [1.29, 1.82) is 0 Å². The quantitative estimate of drug-likeness (QED) is 0.261. The van der Waals surface area contributed by atoms with Crippen LogP contribution in [0.1, 0.15) is 81.1 Å². The van der Waals surface area contributed by atoms with E-state index in [4.69, 9.17) is 9.47 Å². The number of carbonyl (C=O) groups is 1. The van der Waals surface area contributed by atoms with E-state index < -0.39 is 0 Å². The maximum Gasteiger partial charge on any atom is 0.247 e. The van der Waals surface area contributed by atoms with Crippen LogP contribution in [0.4, 0.5) is 0 Å². The summed E-state index contributed by atoms with van der Waals surface area (Å²) in [7, 11) is 0. The van der Waals surface area contributed by atoms with Crippen molar-refractivity contribution >= 4 is 22.9 Å². The van der Waals surface area contributed by atoms with Gasteiger partial charge in [0.1, 0.15) is 5.75 Å². The van der Waals surface area contributed by atoms with Crippen molar-refractivity contribution in [1.82, 2.24) is 9.88 Å². The molecule has 3 aromatic carbocycles. The molecule has 4 aromatic rings. The minimum atomic E-state index is -0.298. The molecule has 1 atom stereocenters. The van der Waals surface area contributed by atoms with E-state index in [2.05, 4.69) is 64.7 Å². The van der Waals surface area contributed by atoms with Gasteiger partial charge >= 0.3 is 0 Å². The Morgan fingerprint density at radius 1 is 0.951 bits per heavy atom. The Kier molecular flexibility index (Phi) is 6.40. The molecule has 1 unspecified atom stereocenters. The Balaban J connectivity index is 1.40. The standard InChI is InChI=1S/C35H38N2O4/c1-34(2,3)25-17-21(18-26(33(25)39)35(4,5)6)11-14-30(38)37-16-15-24-23-9-7-8-10-27(23)36-31(24)32(37)22-12-13-28-29(19-22)41-20-40-28/h7-14,17-19,32,36,39H,15-16,20H2,1-6H3/b14-11+. The number of hydrogen-bond donors (Lipinski definition) is 2. The number of nitrogens with zero attached hydrogens (tertiary/aromatic N) is 1. The number of phenols is 1. The lowest BCUT2D eigenvalue weighted by Crippen LogP contribution is -2.39. The van der Waals surface area contributed by atoms with Crippen molar-refractivity contribution in [2.45, 2.75) is 64.8 Å². The molecule has 0 fully saturated rings. The molecule has 0 saturated carbocycles. The number of amides is 1. The van der Waals surface area contributed by atoms with Crippen LogP contribution in [0.15, 0.2) is 60.7 Å². The summed E-state index contributed by atoms with van der Waals surface area (Å²) in [5, 5.41) is 12.3. The van der Waals surface area contributed by atoms with E-state index in [1.54, 1.807) is 6.08 Å². The van der Waals surface area contributed by atoms with Crippen molar-refractivity contribution in [2.75, 3.05) is 13.3 Å². The zero-order valence-corrected chi connectivity index (χ0v) is 24.7. The van der Waals surface area contributed by atoms with Crippen LogP contribution in [0.25, 0.3) is 17.0 Å². The number of nitrogens with one attached hydrogen (secondary N) is 1. The molecule has 6 heteroatoms.